The van der Waals surface area contributed by atoms with E-state index >= 15 is 0 Å². The fourth-order valence-electron chi connectivity index (χ4n) is 4.22. The largest absolute Gasteiger partial charge is 0.339 e. The first-order valence-corrected chi connectivity index (χ1v) is 10.7. The number of fused-ring (bicyclic) bond motifs is 1. The Morgan fingerprint density at radius 1 is 1.15 bits per heavy atom. The fraction of sp³-hybridized carbons (Fsp3) is 0.632. The van der Waals surface area contributed by atoms with Gasteiger partial charge in [0.25, 0.3) is 10.2 Å². The monoisotopic (exact) mass is 379 g/mol. The third kappa shape index (κ3) is 3.66. The molecular weight excluding hydrogens is 350 g/mol. The van der Waals surface area contributed by atoms with Crippen molar-refractivity contribution in [1.29, 1.82) is 0 Å². The number of carbonyl (C=O) groups is 1. The summed E-state index contributed by atoms with van der Waals surface area (Å²) in [7, 11) is -0.246. The molecule has 1 aromatic rings. The lowest BCUT2D eigenvalue weighted by Crippen LogP contribution is -2.58. The Kier molecular flexibility index (Phi) is 5.69. The summed E-state index contributed by atoms with van der Waals surface area (Å²) in [6, 6.07) is 10.0. The molecule has 2 aliphatic heterocycles. The van der Waals surface area contributed by atoms with Crippen LogP contribution < -0.4 is 0 Å². The van der Waals surface area contributed by atoms with Crippen molar-refractivity contribution in [3.05, 3.63) is 35.9 Å². The van der Waals surface area contributed by atoms with E-state index in [-0.39, 0.29) is 23.8 Å². The van der Waals surface area contributed by atoms with Gasteiger partial charge >= 0.3 is 0 Å². The molecule has 0 radical (unpaired) electrons. The maximum atomic E-state index is 13.1. The molecule has 0 aromatic heterocycles. The van der Waals surface area contributed by atoms with Crippen molar-refractivity contribution >= 4 is 16.1 Å². The standard InChI is InChI=1S/C19H29N3O3S/c1-15(16-8-5-4-6-9-16)19(23)22-12-7-10-17-14-21(13-11-18(17)22)26(24,25)20(2)3/h4-6,8-9,15,17-18H,7,10-14H2,1-3H3/t15?,17-,18+/m1/s1. The van der Waals surface area contributed by atoms with Crippen molar-refractivity contribution in [3.8, 4) is 0 Å². The third-order valence-electron chi connectivity index (χ3n) is 5.77. The van der Waals surface area contributed by atoms with E-state index in [4.69, 9.17) is 0 Å². The van der Waals surface area contributed by atoms with Crippen LogP contribution in [0.4, 0.5) is 0 Å². The highest BCUT2D eigenvalue weighted by Crippen LogP contribution is 2.34. The molecule has 2 fully saturated rings. The zero-order valence-electron chi connectivity index (χ0n) is 15.8. The average Bonchev–Trinajstić information content (AvgIpc) is 2.66. The average molecular weight is 380 g/mol. The SMILES string of the molecule is CC(C(=O)N1CCC[C@@H]2CN(S(=O)(=O)N(C)C)CC[C@@H]21)c1ccccc1. The minimum atomic E-state index is -3.38. The van der Waals surface area contributed by atoms with Gasteiger partial charge in [0.2, 0.25) is 5.91 Å². The predicted molar refractivity (Wildman–Crippen MR) is 102 cm³/mol. The van der Waals surface area contributed by atoms with Crippen LogP contribution in [0.2, 0.25) is 0 Å². The Hall–Kier alpha value is -1.44. The molecular formula is C19H29N3O3S. The van der Waals surface area contributed by atoms with E-state index in [0.717, 1.165) is 24.9 Å². The molecule has 1 amide bonds. The molecule has 144 valence electrons. The summed E-state index contributed by atoms with van der Waals surface area (Å²) in [5.74, 6) is 0.215. The number of benzene rings is 1. The maximum absolute atomic E-state index is 13.1. The molecule has 0 N–H and O–H groups in total. The molecule has 1 unspecified atom stereocenters. The highest BCUT2D eigenvalue weighted by molar-refractivity contribution is 7.86. The Labute approximate surface area is 157 Å². The van der Waals surface area contributed by atoms with Gasteiger partial charge in [-0.15, -0.1) is 0 Å². The van der Waals surface area contributed by atoms with E-state index in [0.29, 0.717) is 19.5 Å². The zero-order chi connectivity index (χ0) is 18.9. The lowest BCUT2D eigenvalue weighted by molar-refractivity contribution is -0.139. The van der Waals surface area contributed by atoms with Crippen molar-refractivity contribution in [2.24, 2.45) is 5.92 Å². The lowest BCUT2D eigenvalue weighted by Gasteiger charge is -2.47. The Bertz CT molecular complexity index is 736. The van der Waals surface area contributed by atoms with Crippen LogP contribution >= 0.6 is 0 Å². The van der Waals surface area contributed by atoms with Gasteiger partial charge in [0.1, 0.15) is 0 Å². The van der Waals surface area contributed by atoms with Crippen LogP contribution in [0.1, 0.15) is 37.7 Å². The second-order valence-electron chi connectivity index (χ2n) is 7.57. The number of rotatable bonds is 4. The van der Waals surface area contributed by atoms with E-state index < -0.39 is 10.2 Å². The summed E-state index contributed by atoms with van der Waals surface area (Å²) >= 11 is 0. The number of carbonyl (C=O) groups excluding carboxylic acids is 1. The highest BCUT2D eigenvalue weighted by atomic mass is 32.2. The molecule has 0 spiro atoms. The van der Waals surface area contributed by atoms with Crippen LogP contribution in [0, 0.1) is 5.92 Å². The van der Waals surface area contributed by atoms with E-state index in [1.807, 2.05) is 42.2 Å². The number of nitrogens with zero attached hydrogens (tertiary/aromatic N) is 3. The van der Waals surface area contributed by atoms with Gasteiger partial charge in [0.15, 0.2) is 0 Å². The van der Waals surface area contributed by atoms with Crippen molar-refractivity contribution in [1.82, 2.24) is 13.5 Å². The molecule has 6 nitrogen and oxygen atoms in total. The van der Waals surface area contributed by atoms with Gasteiger partial charge in [-0.2, -0.15) is 17.0 Å². The van der Waals surface area contributed by atoms with E-state index in [1.54, 1.807) is 18.4 Å². The van der Waals surface area contributed by atoms with Gasteiger partial charge in [-0.3, -0.25) is 4.79 Å². The Morgan fingerprint density at radius 2 is 1.85 bits per heavy atom. The quantitative estimate of drug-likeness (QED) is 0.803. The topological polar surface area (TPSA) is 60.9 Å². The molecule has 2 aliphatic rings. The van der Waals surface area contributed by atoms with Crippen LogP contribution in [0.25, 0.3) is 0 Å². The van der Waals surface area contributed by atoms with Crippen LogP contribution in [-0.2, 0) is 15.0 Å². The summed E-state index contributed by atoms with van der Waals surface area (Å²) in [6.07, 6.45) is 2.63. The molecule has 0 saturated carbocycles. The molecule has 2 saturated heterocycles. The third-order valence-corrected chi connectivity index (χ3v) is 7.68. The van der Waals surface area contributed by atoms with Gasteiger partial charge in [-0.25, -0.2) is 0 Å². The second-order valence-corrected chi connectivity index (χ2v) is 9.71. The smallest absolute Gasteiger partial charge is 0.281 e. The predicted octanol–water partition coefficient (Wildman–Crippen LogP) is 1.91. The van der Waals surface area contributed by atoms with Crippen LogP contribution in [-0.4, -0.2) is 67.6 Å². The number of likely N-dealkylation sites (tertiary alicyclic amines) is 1. The molecule has 26 heavy (non-hydrogen) atoms. The molecule has 0 bridgehead atoms. The summed E-state index contributed by atoms with van der Waals surface area (Å²) in [6.45, 7) is 3.73. The summed E-state index contributed by atoms with van der Waals surface area (Å²) < 4.78 is 27.7. The molecule has 7 heteroatoms. The van der Waals surface area contributed by atoms with Crippen molar-refractivity contribution in [3.63, 3.8) is 0 Å². The van der Waals surface area contributed by atoms with Crippen molar-refractivity contribution in [2.45, 2.75) is 38.1 Å². The number of piperidine rings is 2. The first-order valence-electron chi connectivity index (χ1n) is 9.35. The molecule has 2 heterocycles. The number of hydrogen-bond acceptors (Lipinski definition) is 3. The van der Waals surface area contributed by atoms with E-state index in [2.05, 4.69) is 0 Å². The maximum Gasteiger partial charge on any atom is 0.281 e. The Balaban J connectivity index is 1.73. The lowest BCUT2D eigenvalue weighted by atomic mass is 9.83. The zero-order valence-corrected chi connectivity index (χ0v) is 16.7. The first-order chi connectivity index (χ1) is 12.3. The minimum Gasteiger partial charge on any atom is -0.339 e. The fourth-order valence-corrected chi connectivity index (χ4v) is 5.40. The Morgan fingerprint density at radius 3 is 2.50 bits per heavy atom. The minimum absolute atomic E-state index is 0.149. The van der Waals surface area contributed by atoms with E-state index in [1.165, 1.54) is 4.31 Å². The van der Waals surface area contributed by atoms with E-state index in [9.17, 15) is 13.2 Å². The van der Waals surface area contributed by atoms with Crippen LogP contribution in [0.5, 0.6) is 0 Å². The summed E-state index contributed by atoms with van der Waals surface area (Å²) in [5, 5.41) is 0. The van der Waals surface area contributed by atoms with Gasteiger partial charge in [0, 0.05) is 39.8 Å². The summed E-state index contributed by atoms with van der Waals surface area (Å²) in [4.78, 5) is 15.1. The second kappa shape index (κ2) is 7.66. The highest BCUT2D eigenvalue weighted by Gasteiger charge is 2.42. The van der Waals surface area contributed by atoms with Gasteiger partial charge in [0.05, 0.1) is 5.92 Å². The number of amides is 1. The van der Waals surface area contributed by atoms with Gasteiger partial charge in [-0.1, -0.05) is 30.3 Å². The van der Waals surface area contributed by atoms with Crippen LogP contribution in [0.15, 0.2) is 30.3 Å². The summed E-state index contributed by atoms with van der Waals surface area (Å²) in [5.41, 5.74) is 1.03. The van der Waals surface area contributed by atoms with Crippen molar-refractivity contribution in [2.75, 3.05) is 33.7 Å². The molecule has 3 atom stereocenters. The molecule has 0 aliphatic carbocycles. The first kappa shape index (κ1) is 19.3. The van der Waals surface area contributed by atoms with Gasteiger partial charge in [-0.05, 0) is 37.7 Å². The molecule has 3 rings (SSSR count). The van der Waals surface area contributed by atoms with Crippen molar-refractivity contribution < 1.29 is 13.2 Å². The number of hydrogen-bond donors (Lipinski definition) is 0. The molecule has 1 aromatic carbocycles. The van der Waals surface area contributed by atoms with Gasteiger partial charge < -0.3 is 4.90 Å². The van der Waals surface area contributed by atoms with Crippen LogP contribution in [0.3, 0.4) is 0 Å². The normalized spacial score (nSPS) is 25.8.